The van der Waals surface area contributed by atoms with Crippen molar-refractivity contribution in [1.82, 2.24) is 5.43 Å². The van der Waals surface area contributed by atoms with Crippen molar-refractivity contribution in [3.63, 3.8) is 0 Å². The van der Waals surface area contributed by atoms with E-state index in [0.717, 1.165) is 5.56 Å². The number of alkyl halides is 2. The first-order valence-corrected chi connectivity index (χ1v) is 7.97. The summed E-state index contributed by atoms with van der Waals surface area (Å²) in [5, 5.41) is 14.6. The Bertz CT molecular complexity index is 822. The van der Waals surface area contributed by atoms with Gasteiger partial charge in [0, 0.05) is 23.4 Å². The molecule has 0 aromatic heterocycles. The third kappa shape index (κ3) is 6.46. The normalized spacial score (nSPS) is 11.3. The van der Waals surface area contributed by atoms with Crippen LogP contribution in [0.2, 0.25) is 0 Å². The quantitative estimate of drug-likeness (QED) is 0.428. The molecular formula is C18H17F2N3O4. The van der Waals surface area contributed by atoms with Crippen molar-refractivity contribution in [3.05, 3.63) is 69.8 Å². The Morgan fingerprint density at radius 2 is 1.81 bits per heavy atom. The number of amides is 1. The molecule has 1 amide bonds. The van der Waals surface area contributed by atoms with E-state index in [9.17, 15) is 23.7 Å². The van der Waals surface area contributed by atoms with Crippen LogP contribution in [0.25, 0.3) is 0 Å². The molecule has 7 nitrogen and oxygen atoms in total. The summed E-state index contributed by atoms with van der Waals surface area (Å²) < 4.78 is 28.5. The Kier molecular flexibility index (Phi) is 6.93. The van der Waals surface area contributed by atoms with Crippen molar-refractivity contribution in [3.8, 4) is 5.75 Å². The Morgan fingerprint density at radius 3 is 2.37 bits per heavy atom. The molecule has 2 aromatic carbocycles. The number of hydrogen-bond acceptors (Lipinski definition) is 5. The molecule has 0 aliphatic heterocycles. The summed E-state index contributed by atoms with van der Waals surface area (Å²) in [6.45, 7) is -1.12. The number of benzene rings is 2. The van der Waals surface area contributed by atoms with Crippen molar-refractivity contribution in [1.29, 1.82) is 0 Å². The average molecular weight is 377 g/mol. The number of aryl methyl sites for hydroxylation is 1. The van der Waals surface area contributed by atoms with Crippen LogP contribution >= 0.6 is 0 Å². The Hall–Kier alpha value is -3.36. The van der Waals surface area contributed by atoms with E-state index in [2.05, 4.69) is 15.3 Å². The molecule has 0 fully saturated rings. The van der Waals surface area contributed by atoms with E-state index in [1.54, 1.807) is 19.1 Å². The van der Waals surface area contributed by atoms with E-state index in [1.165, 1.54) is 36.4 Å². The first-order chi connectivity index (χ1) is 12.8. The summed E-state index contributed by atoms with van der Waals surface area (Å²) >= 11 is 0. The molecular weight excluding hydrogens is 360 g/mol. The maximum Gasteiger partial charge on any atom is 0.387 e. The lowest BCUT2D eigenvalue weighted by Crippen LogP contribution is -2.19. The molecule has 2 rings (SSSR count). The van der Waals surface area contributed by atoms with Crippen molar-refractivity contribution < 1.29 is 23.2 Å². The van der Waals surface area contributed by atoms with Gasteiger partial charge < -0.3 is 4.74 Å². The van der Waals surface area contributed by atoms with Gasteiger partial charge in [-0.2, -0.15) is 13.9 Å². The molecule has 9 heteroatoms. The maximum absolute atomic E-state index is 12.1. The first kappa shape index (κ1) is 20.0. The highest BCUT2D eigenvalue weighted by Gasteiger charge is 2.09. The molecule has 0 atom stereocenters. The third-order valence-corrected chi connectivity index (χ3v) is 3.61. The fourth-order valence-electron chi connectivity index (χ4n) is 2.16. The average Bonchev–Trinajstić information content (AvgIpc) is 2.65. The van der Waals surface area contributed by atoms with Crippen LogP contribution in [0.1, 0.15) is 29.3 Å². The SMILES string of the molecule is C/C(CCc1ccc(OC(F)F)cc1)=N/NC(=O)c1ccc([N+](=O)[O-])cc1. The molecule has 0 aliphatic carbocycles. The molecule has 0 aliphatic rings. The van der Waals surface area contributed by atoms with Gasteiger partial charge in [0.05, 0.1) is 4.92 Å². The molecule has 0 heterocycles. The summed E-state index contributed by atoms with van der Waals surface area (Å²) in [5.41, 5.74) is 4.12. The van der Waals surface area contributed by atoms with Crippen LogP contribution in [-0.4, -0.2) is 23.2 Å². The highest BCUT2D eigenvalue weighted by molar-refractivity contribution is 5.95. The van der Waals surface area contributed by atoms with Gasteiger partial charge in [0.2, 0.25) is 0 Å². The number of hydrazone groups is 1. The minimum Gasteiger partial charge on any atom is -0.435 e. The predicted octanol–water partition coefficient (Wildman–Crippen LogP) is 3.93. The molecule has 0 bridgehead atoms. The third-order valence-electron chi connectivity index (χ3n) is 3.61. The van der Waals surface area contributed by atoms with Crippen LogP contribution < -0.4 is 10.2 Å². The van der Waals surface area contributed by atoms with Gasteiger partial charge in [-0.1, -0.05) is 12.1 Å². The lowest BCUT2D eigenvalue weighted by molar-refractivity contribution is -0.384. The summed E-state index contributed by atoms with van der Waals surface area (Å²) in [4.78, 5) is 22.0. The van der Waals surface area contributed by atoms with Gasteiger partial charge in [0.25, 0.3) is 11.6 Å². The van der Waals surface area contributed by atoms with Crippen molar-refractivity contribution in [2.75, 3.05) is 0 Å². The predicted molar refractivity (Wildman–Crippen MR) is 95.1 cm³/mol. The molecule has 1 N–H and O–H groups in total. The number of rotatable bonds is 8. The number of nitrogens with zero attached hydrogens (tertiary/aromatic N) is 2. The lowest BCUT2D eigenvalue weighted by atomic mass is 10.1. The van der Waals surface area contributed by atoms with E-state index in [0.29, 0.717) is 18.6 Å². The Balaban J connectivity index is 1.84. The van der Waals surface area contributed by atoms with Crippen LogP contribution in [0.4, 0.5) is 14.5 Å². The second-order valence-corrected chi connectivity index (χ2v) is 5.61. The first-order valence-electron chi connectivity index (χ1n) is 7.97. The fraction of sp³-hybridized carbons (Fsp3) is 0.222. The van der Waals surface area contributed by atoms with E-state index < -0.39 is 17.4 Å². The number of carbonyl (C=O) groups is 1. The van der Waals surface area contributed by atoms with E-state index in [1.807, 2.05) is 0 Å². The maximum atomic E-state index is 12.1. The van der Waals surface area contributed by atoms with Crippen LogP contribution in [0.3, 0.4) is 0 Å². The van der Waals surface area contributed by atoms with E-state index >= 15 is 0 Å². The zero-order valence-electron chi connectivity index (χ0n) is 14.4. The van der Waals surface area contributed by atoms with Gasteiger partial charge in [0.15, 0.2) is 0 Å². The minimum absolute atomic E-state index is 0.0921. The molecule has 0 saturated carbocycles. The summed E-state index contributed by atoms with van der Waals surface area (Å²) in [6.07, 6.45) is 1.16. The van der Waals surface area contributed by atoms with Gasteiger partial charge in [-0.25, -0.2) is 5.43 Å². The van der Waals surface area contributed by atoms with Crippen molar-refractivity contribution in [2.24, 2.45) is 5.10 Å². The smallest absolute Gasteiger partial charge is 0.387 e. The van der Waals surface area contributed by atoms with E-state index in [4.69, 9.17) is 0 Å². The standard InChI is InChI=1S/C18H17F2N3O4/c1-12(2-3-13-4-10-16(11-5-13)27-18(19)20)21-22-17(24)14-6-8-15(9-7-14)23(25)26/h4-11,18H,2-3H2,1H3,(H,22,24)/b21-12-. The lowest BCUT2D eigenvalue weighted by Gasteiger charge is -2.06. The number of nitro benzene ring substituents is 1. The van der Waals surface area contributed by atoms with Crippen LogP contribution in [-0.2, 0) is 6.42 Å². The number of non-ortho nitro benzene ring substituents is 1. The van der Waals surface area contributed by atoms with Crippen LogP contribution in [0.5, 0.6) is 5.75 Å². The summed E-state index contributed by atoms with van der Waals surface area (Å²) in [7, 11) is 0. The second-order valence-electron chi connectivity index (χ2n) is 5.61. The minimum atomic E-state index is -2.86. The van der Waals surface area contributed by atoms with Crippen molar-refractivity contribution in [2.45, 2.75) is 26.4 Å². The largest absolute Gasteiger partial charge is 0.435 e. The molecule has 0 unspecified atom stereocenters. The van der Waals surface area contributed by atoms with Crippen molar-refractivity contribution >= 4 is 17.3 Å². The monoisotopic (exact) mass is 377 g/mol. The molecule has 0 saturated heterocycles. The molecule has 142 valence electrons. The molecule has 27 heavy (non-hydrogen) atoms. The Morgan fingerprint density at radius 1 is 1.19 bits per heavy atom. The van der Waals surface area contributed by atoms with Gasteiger partial charge >= 0.3 is 6.61 Å². The number of nitrogens with one attached hydrogen (secondary N) is 1. The van der Waals surface area contributed by atoms with Gasteiger partial charge in [-0.3, -0.25) is 14.9 Å². The van der Waals surface area contributed by atoms with Gasteiger partial charge in [-0.05, 0) is 49.6 Å². The van der Waals surface area contributed by atoms with Gasteiger partial charge in [0.1, 0.15) is 5.75 Å². The van der Waals surface area contributed by atoms with Crippen LogP contribution in [0.15, 0.2) is 53.6 Å². The zero-order chi connectivity index (χ0) is 19.8. The zero-order valence-corrected chi connectivity index (χ0v) is 14.4. The fourth-order valence-corrected chi connectivity index (χ4v) is 2.16. The molecule has 0 radical (unpaired) electrons. The topological polar surface area (TPSA) is 93.8 Å². The highest BCUT2D eigenvalue weighted by Crippen LogP contribution is 2.16. The number of carbonyl (C=O) groups excluding carboxylic acids is 1. The summed E-state index contributed by atoms with van der Waals surface area (Å²) in [6, 6.07) is 11.5. The van der Waals surface area contributed by atoms with Crippen LogP contribution in [0, 0.1) is 10.1 Å². The number of nitro groups is 1. The van der Waals surface area contributed by atoms with E-state index in [-0.39, 0.29) is 17.0 Å². The highest BCUT2D eigenvalue weighted by atomic mass is 19.3. The molecule has 0 spiro atoms. The number of hydrogen-bond donors (Lipinski definition) is 1. The molecule has 2 aromatic rings. The summed E-state index contributed by atoms with van der Waals surface area (Å²) in [5.74, 6) is -0.382. The Labute approximate surface area is 153 Å². The number of halogens is 2. The van der Waals surface area contributed by atoms with Gasteiger partial charge in [-0.15, -0.1) is 0 Å². The number of ether oxygens (including phenoxy) is 1. The second kappa shape index (κ2) is 9.37.